The van der Waals surface area contributed by atoms with Crippen LogP contribution in [-0.2, 0) is 6.18 Å². The van der Waals surface area contributed by atoms with Crippen molar-refractivity contribution in [1.29, 1.82) is 0 Å². The maximum atomic E-state index is 13.0. The third-order valence-corrected chi connectivity index (χ3v) is 6.13. The van der Waals surface area contributed by atoms with E-state index in [4.69, 9.17) is 16.6 Å². The summed E-state index contributed by atoms with van der Waals surface area (Å²) in [6.07, 6.45) is 1.74. The minimum atomic E-state index is -4.43. The van der Waals surface area contributed by atoms with E-state index in [9.17, 15) is 18.0 Å². The zero-order valence-electron chi connectivity index (χ0n) is 19.2. The second-order valence-electron chi connectivity index (χ2n) is 8.46. The van der Waals surface area contributed by atoms with Crippen molar-refractivity contribution < 1.29 is 18.0 Å². The SMILES string of the molecule is CN(C)C(=O)NC1CCN(c2cnc(-c3ccc(C(F)(F)F)cc3)c(-c3ccncc3Cl)n2)CC1. The fraction of sp³-hybridized carbons (Fsp3) is 0.333. The Labute approximate surface area is 206 Å². The van der Waals surface area contributed by atoms with Crippen molar-refractivity contribution in [2.24, 2.45) is 0 Å². The van der Waals surface area contributed by atoms with Gasteiger partial charge in [0, 0.05) is 56.7 Å². The van der Waals surface area contributed by atoms with E-state index in [1.54, 1.807) is 32.6 Å². The Kier molecular flexibility index (Phi) is 7.11. The number of pyridine rings is 1. The molecule has 3 aromatic rings. The number of anilines is 1. The smallest absolute Gasteiger partial charge is 0.355 e. The number of amides is 2. The van der Waals surface area contributed by atoms with Crippen molar-refractivity contribution in [1.82, 2.24) is 25.2 Å². The van der Waals surface area contributed by atoms with Crippen molar-refractivity contribution in [3.8, 4) is 22.5 Å². The topological polar surface area (TPSA) is 74.2 Å². The highest BCUT2D eigenvalue weighted by molar-refractivity contribution is 6.33. The summed E-state index contributed by atoms with van der Waals surface area (Å²) in [5, 5.41) is 3.36. The highest BCUT2D eigenvalue weighted by Gasteiger charge is 2.30. The number of urea groups is 1. The number of rotatable bonds is 4. The van der Waals surface area contributed by atoms with E-state index in [1.165, 1.54) is 23.2 Å². The van der Waals surface area contributed by atoms with Crippen LogP contribution in [0.4, 0.5) is 23.8 Å². The Bertz CT molecular complexity index is 1190. The molecule has 1 fully saturated rings. The number of nitrogens with one attached hydrogen (secondary N) is 1. The molecular formula is C24H24ClF3N6O. The highest BCUT2D eigenvalue weighted by Crippen LogP contribution is 2.36. The summed E-state index contributed by atoms with van der Waals surface area (Å²) >= 11 is 6.40. The zero-order chi connectivity index (χ0) is 25.2. The second kappa shape index (κ2) is 10.1. The summed E-state index contributed by atoms with van der Waals surface area (Å²) in [4.78, 5) is 28.9. The quantitative estimate of drug-likeness (QED) is 0.534. The monoisotopic (exact) mass is 504 g/mol. The van der Waals surface area contributed by atoms with E-state index in [2.05, 4.69) is 20.2 Å². The van der Waals surface area contributed by atoms with E-state index in [0.29, 0.717) is 46.4 Å². The van der Waals surface area contributed by atoms with Gasteiger partial charge in [0.05, 0.1) is 22.5 Å². The summed E-state index contributed by atoms with van der Waals surface area (Å²) in [6.45, 7) is 1.33. The minimum Gasteiger partial charge on any atom is -0.355 e. The summed E-state index contributed by atoms with van der Waals surface area (Å²) in [6, 6.07) is 6.44. The van der Waals surface area contributed by atoms with Crippen LogP contribution < -0.4 is 10.2 Å². The molecule has 11 heteroatoms. The van der Waals surface area contributed by atoms with Crippen LogP contribution in [0.2, 0.25) is 5.02 Å². The normalized spacial score (nSPS) is 14.6. The van der Waals surface area contributed by atoms with Gasteiger partial charge in [-0.05, 0) is 31.0 Å². The lowest BCUT2D eigenvalue weighted by atomic mass is 10.0. The first-order valence-corrected chi connectivity index (χ1v) is 11.4. The molecule has 0 aliphatic carbocycles. The van der Waals surface area contributed by atoms with Crippen molar-refractivity contribution in [2.45, 2.75) is 25.1 Å². The molecule has 1 N–H and O–H groups in total. The van der Waals surface area contributed by atoms with E-state index < -0.39 is 11.7 Å². The number of carbonyl (C=O) groups excluding carboxylic acids is 1. The van der Waals surface area contributed by atoms with E-state index >= 15 is 0 Å². The number of benzene rings is 1. The molecule has 0 atom stereocenters. The van der Waals surface area contributed by atoms with E-state index in [0.717, 1.165) is 25.0 Å². The van der Waals surface area contributed by atoms with Crippen LogP contribution in [0.5, 0.6) is 0 Å². The van der Waals surface area contributed by atoms with Crippen molar-refractivity contribution >= 4 is 23.4 Å². The summed E-state index contributed by atoms with van der Waals surface area (Å²) in [7, 11) is 3.40. The number of alkyl halides is 3. The van der Waals surface area contributed by atoms with Gasteiger partial charge in [-0.25, -0.2) is 9.78 Å². The molecule has 0 bridgehead atoms. The molecule has 0 saturated carbocycles. The molecule has 1 aliphatic heterocycles. The average molecular weight is 505 g/mol. The molecule has 0 unspecified atom stereocenters. The van der Waals surface area contributed by atoms with Crippen molar-refractivity contribution in [3.63, 3.8) is 0 Å². The fourth-order valence-corrected chi connectivity index (χ4v) is 4.08. The molecular weight excluding hydrogens is 481 g/mol. The molecule has 2 aromatic heterocycles. The highest BCUT2D eigenvalue weighted by atomic mass is 35.5. The summed E-state index contributed by atoms with van der Waals surface area (Å²) < 4.78 is 39.1. The number of hydrogen-bond donors (Lipinski definition) is 1. The van der Waals surface area contributed by atoms with Crippen LogP contribution in [0.1, 0.15) is 18.4 Å². The lowest BCUT2D eigenvalue weighted by Gasteiger charge is -2.33. The molecule has 1 aliphatic rings. The third kappa shape index (κ3) is 5.64. The Hall–Kier alpha value is -3.40. The fourth-order valence-electron chi connectivity index (χ4n) is 3.87. The van der Waals surface area contributed by atoms with E-state index in [-0.39, 0.29) is 12.1 Å². The van der Waals surface area contributed by atoms with Crippen LogP contribution in [0.25, 0.3) is 22.5 Å². The molecule has 7 nitrogen and oxygen atoms in total. The van der Waals surface area contributed by atoms with E-state index in [1.807, 2.05) is 0 Å². The van der Waals surface area contributed by atoms with Crippen LogP contribution in [-0.4, -0.2) is 59.1 Å². The van der Waals surface area contributed by atoms with Gasteiger partial charge in [0.15, 0.2) is 0 Å². The first kappa shape index (κ1) is 24.7. The molecule has 0 radical (unpaired) electrons. The van der Waals surface area contributed by atoms with Gasteiger partial charge in [-0.1, -0.05) is 23.7 Å². The van der Waals surface area contributed by atoms with Crippen molar-refractivity contribution in [2.75, 3.05) is 32.1 Å². The van der Waals surface area contributed by atoms with Crippen molar-refractivity contribution in [3.05, 3.63) is 59.5 Å². The lowest BCUT2D eigenvalue weighted by Crippen LogP contribution is -2.47. The lowest BCUT2D eigenvalue weighted by molar-refractivity contribution is -0.137. The number of nitrogens with zero attached hydrogens (tertiary/aromatic N) is 5. The Morgan fingerprint density at radius 1 is 1.09 bits per heavy atom. The van der Waals surface area contributed by atoms with Gasteiger partial charge in [-0.3, -0.25) is 9.97 Å². The van der Waals surface area contributed by atoms with Gasteiger partial charge < -0.3 is 15.1 Å². The predicted octanol–water partition coefficient (Wildman–Crippen LogP) is 5.12. The van der Waals surface area contributed by atoms with Crippen LogP contribution in [0.15, 0.2) is 48.9 Å². The minimum absolute atomic E-state index is 0.0645. The largest absolute Gasteiger partial charge is 0.416 e. The maximum Gasteiger partial charge on any atom is 0.416 e. The Morgan fingerprint density at radius 3 is 2.37 bits per heavy atom. The second-order valence-corrected chi connectivity index (χ2v) is 8.87. The first-order chi connectivity index (χ1) is 16.6. The average Bonchev–Trinajstić information content (AvgIpc) is 2.84. The molecule has 2 amide bonds. The van der Waals surface area contributed by atoms with Crippen LogP contribution in [0, 0.1) is 0 Å². The van der Waals surface area contributed by atoms with Gasteiger partial charge in [-0.15, -0.1) is 0 Å². The van der Waals surface area contributed by atoms with Gasteiger partial charge in [0.2, 0.25) is 0 Å². The standard InChI is InChI=1S/C24H24ClF3N6O/c1-33(2)23(35)31-17-8-11-34(12-9-17)20-14-30-21(15-3-5-16(6-4-15)24(26,27)28)22(32-20)18-7-10-29-13-19(18)25/h3-7,10,13-14,17H,8-9,11-12H2,1-2H3,(H,31,35). The number of carbonyl (C=O) groups is 1. The summed E-state index contributed by atoms with van der Waals surface area (Å²) in [5.74, 6) is 0.626. The molecule has 3 heterocycles. The first-order valence-electron chi connectivity index (χ1n) is 11.0. The maximum absolute atomic E-state index is 13.0. The molecule has 1 saturated heterocycles. The van der Waals surface area contributed by atoms with Gasteiger partial charge in [-0.2, -0.15) is 13.2 Å². The number of halogens is 4. The van der Waals surface area contributed by atoms with Gasteiger partial charge >= 0.3 is 12.2 Å². The Balaban J connectivity index is 1.64. The number of aromatic nitrogens is 3. The van der Waals surface area contributed by atoms with Gasteiger partial charge in [0.25, 0.3) is 0 Å². The Morgan fingerprint density at radius 2 is 1.77 bits per heavy atom. The van der Waals surface area contributed by atoms with Crippen LogP contribution in [0.3, 0.4) is 0 Å². The summed E-state index contributed by atoms with van der Waals surface area (Å²) in [5.41, 5.74) is 1.21. The molecule has 35 heavy (non-hydrogen) atoms. The number of piperidine rings is 1. The van der Waals surface area contributed by atoms with Gasteiger partial charge in [0.1, 0.15) is 11.5 Å². The molecule has 0 spiro atoms. The third-order valence-electron chi connectivity index (χ3n) is 5.83. The zero-order valence-corrected chi connectivity index (χ0v) is 19.9. The number of hydrogen-bond acceptors (Lipinski definition) is 5. The molecule has 4 rings (SSSR count). The predicted molar refractivity (Wildman–Crippen MR) is 128 cm³/mol. The molecule has 1 aromatic carbocycles. The molecule has 184 valence electrons. The van der Waals surface area contributed by atoms with Crippen LogP contribution >= 0.6 is 11.6 Å².